The predicted molar refractivity (Wildman–Crippen MR) is 115 cm³/mol. The molecule has 0 aliphatic heterocycles. The molecule has 2 heterocycles. The third kappa shape index (κ3) is 3.79. The Morgan fingerprint density at radius 1 is 1.17 bits per heavy atom. The van der Waals surface area contributed by atoms with E-state index < -0.39 is 17.7 Å². The average Bonchev–Trinajstić information content (AvgIpc) is 3.16. The molecule has 0 bridgehead atoms. The van der Waals surface area contributed by atoms with Gasteiger partial charge in [-0.05, 0) is 42.5 Å². The number of nitrogens with one attached hydrogen (secondary N) is 2. The molecule has 0 aliphatic rings. The number of rotatable bonds is 4. The second-order valence-electron chi connectivity index (χ2n) is 6.41. The highest BCUT2D eigenvalue weighted by Gasteiger charge is 2.18. The monoisotopic (exact) mass is 426 g/mol. The number of halogens is 2. The molecule has 2 aromatic heterocycles. The maximum absolute atomic E-state index is 13.5. The number of benzene rings is 2. The highest BCUT2D eigenvalue weighted by Crippen LogP contribution is 2.35. The Kier molecular flexibility index (Phi) is 5.28. The number of amides is 2. The molecule has 30 heavy (non-hydrogen) atoms. The van der Waals surface area contributed by atoms with E-state index in [1.807, 2.05) is 0 Å². The van der Waals surface area contributed by atoms with Gasteiger partial charge in [0.2, 0.25) is 0 Å². The number of carbonyl (C=O) groups excluding carboxylic acids is 1. The topological polar surface area (TPSA) is 70.2 Å². The van der Waals surface area contributed by atoms with Crippen molar-refractivity contribution in [2.24, 2.45) is 0 Å². The minimum atomic E-state index is -0.931. The van der Waals surface area contributed by atoms with Crippen LogP contribution >= 0.6 is 12.8 Å². The van der Waals surface area contributed by atoms with E-state index in [9.17, 15) is 13.6 Å². The van der Waals surface area contributed by atoms with Crippen molar-refractivity contribution >= 4 is 41.1 Å². The van der Waals surface area contributed by atoms with E-state index in [1.165, 1.54) is 13.3 Å². The zero-order chi connectivity index (χ0) is 21.3. The quantitative estimate of drug-likeness (QED) is 0.383. The molecule has 0 aliphatic carbocycles. The van der Waals surface area contributed by atoms with Crippen LogP contribution in [0.3, 0.4) is 0 Å². The molecule has 0 unspecified atom stereocenters. The van der Waals surface area contributed by atoms with Gasteiger partial charge in [-0.3, -0.25) is 4.98 Å². The Morgan fingerprint density at radius 2 is 1.97 bits per heavy atom. The van der Waals surface area contributed by atoms with Crippen LogP contribution in [-0.2, 0) is 0 Å². The van der Waals surface area contributed by atoms with Crippen molar-refractivity contribution < 1.29 is 18.3 Å². The number of nitrogens with zero attached hydrogens (tertiary/aromatic N) is 2. The summed E-state index contributed by atoms with van der Waals surface area (Å²) in [5.41, 5.74) is 2.65. The van der Waals surface area contributed by atoms with Crippen LogP contribution in [0.5, 0.6) is 5.75 Å². The minimum Gasteiger partial charge on any atom is -0.495 e. The van der Waals surface area contributed by atoms with E-state index in [2.05, 4.69) is 28.1 Å². The number of pyridine rings is 1. The molecule has 2 N–H and O–H groups in total. The van der Waals surface area contributed by atoms with E-state index in [0.29, 0.717) is 39.3 Å². The number of methoxy groups -OCH3 is 1. The number of fused-ring (bicyclic) bond motifs is 1. The molecule has 0 saturated carbocycles. The van der Waals surface area contributed by atoms with Gasteiger partial charge in [0.15, 0.2) is 11.6 Å². The summed E-state index contributed by atoms with van der Waals surface area (Å²) in [6.45, 7) is 0. The number of anilines is 2. The Labute approximate surface area is 176 Å². The number of aromatic amines is 1. The number of carbonyl (C=O) groups is 1. The highest BCUT2D eigenvalue weighted by molar-refractivity contribution is 7.82. The number of thiol groups is 1. The standard InChI is InChI=1S/C21H16F2N4O2S/c1-29-20-5-4-12(17-8-13-7-15(22)16(23)10-18(13)26-17)9-19(20)27(30)21(28)25-14-3-2-6-24-11-14/h2-11,26,30H,1H3,(H,25,28). The van der Waals surface area contributed by atoms with E-state index >= 15 is 0 Å². The molecule has 6 nitrogen and oxygen atoms in total. The summed E-state index contributed by atoms with van der Waals surface area (Å²) < 4.78 is 33.5. The second-order valence-corrected chi connectivity index (χ2v) is 6.81. The lowest BCUT2D eigenvalue weighted by Crippen LogP contribution is -2.27. The molecular formula is C21H16F2N4O2S. The Morgan fingerprint density at radius 3 is 2.70 bits per heavy atom. The number of hydrogen-bond donors (Lipinski definition) is 3. The summed E-state index contributed by atoms with van der Waals surface area (Å²) >= 11 is 4.32. The molecule has 2 aromatic carbocycles. The van der Waals surface area contributed by atoms with Crippen molar-refractivity contribution in [3.63, 3.8) is 0 Å². The molecule has 0 radical (unpaired) electrons. The fourth-order valence-electron chi connectivity index (χ4n) is 3.03. The molecule has 2 amide bonds. The van der Waals surface area contributed by atoms with Gasteiger partial charge in [-0.15, -0.1) is 0 Å². The van der Waals surface area contributed by atoms with Gasteiger partial charge in [-0.2, -0.15) is 0 Å². The first-order chi connectivity index (χ1) is 14.5. The summed E-state index contributed by atoms with van der Waals surface area (Å²) in [6.07, 6.45) is 3.11. The van der Waals surface area contributed by atoms with E-state index in [1.54, 1.807) is 42.6 Å². The molecule has 4 aromatic rings. The van der Waals surface area contributed by atoms with Crippen LogP contribution in [0.4, 0.5) is 25.0 Å². The number of H-pyrrole nitrogens is 1. The molecule has 0 spiro atoms. The van der Waals surface area contributed by atoms with Crippen LogP contribution in [0, 0.1) is 11.6 Å². The van der Waals surface area contributed by atoms with Crippen molar-refractivity contribution in [2.75, 3.05) is 16.7 Å². The lowest BCUT2D eigenvalue weighted by molar-refractivity contribution is 0.260. The largest absolute Gasteiger partial charge is 0.495 e. The third-order valence-electron chi connectivity index (χ3n) is 4.48. The first-order valence-electron chi connectivity index (χ1n) is 8.82. The Hall–Kier alpha value is -3.59. The molecular weight excluding hydrogens is 410 g/mol. The first kappa shape index (κ1) is 19.7. The maximum Gasteiger partial charge on any atom is 0.336 e. The van der Waals surface area contributed by atoms with Gasteiger partial charge in [0.05, 0.1) is 24.7 Å². The van der Waals surface area contributed by atoms with Crippen LogP contribution in [0.1, 0.15) is 0 Å². The van der Waals surface area contributed by atoms with Gasteiger partial charge in [-0.25, -0.2) is 17.9 Å². The molecule has 0 fully saturated rings. The fourth-order valence-corrected chi connectivity index (χ4v) is 3.23. The molecule has 9 heteroatoms. The van der Waals surface area contributed by atoms with Crippen molar-refractivity contribution in [3.8, 4) is 17.0 Å². The number of urea groups is 1. The van der Waals surface area contributed by atoms with Crippen LogP contribution < -0.4 is 14.4 Å². The number of aromatic nitrogens is 2. The number of ether oxygens (including phenoxy) is 1. The number of hydrogen-bond acceptors (Lipinski definition) is 4. The third-order valence-corrected chi connectivity index (χ3v) is 4.88. The van der Waals surface area contributed by atoms with Crippen molar-refractivity contribution in [1.29, 1.82) is 0 Å². The van der Waals surface area contributed by atoms with Crippen molar-refractivity contribution in [3.05, 3.63) is 72.6 Å². The molecule has 4 rings (SSSR count). The summed E-state index contributed by atoms with van der Waals surface area (Å²) in [5, 5.41) is 3.21. The Bertz CT molecular complexity index is 1190. The molecule has 152 valence electrons. The fraction of sp³-hybridized carbons (Fsp3) is 0.0476. The van der Waals surface area contributed by atoms with Gasteiger partial charge in [0, 0.05) is 34.4 Å². The van der Waals surface area contributed by atoms with Crippen molar-refractivity contribution in [1.82, 2.24) is 9.97 Å². The highest BCUT2D eigenvalue weighted by atomic mass is 32.1. The average molecular weight is 426 g/mol. The normalized spacial score (nSPS) is 10.8. The lowest BCUT2D eigenvalue weighted by Gasteiger charge is -2.20. The minimum absolute atomic E-state index is 0.385. The Balaban J connectivity index is 1.69. The van der Waals surface area contributed by atoms with Gasteiger partial charge < -0.3 is 15.0 Å². The van der Waals surface area contributed by atoms with Gasteiger partial charge in [0.1, 0.15) is 5.75 Å². The lowest BCUT2D eigenvalue weighted by atomic mass is 10.1. The second kappa shape index (κ2) is 8.03. The van der Waals surface area contributed by atoms with Gasteiger partial charge >= 0.3 is 6.03 Å². The SMILES string of the molecule is COc1ccc(-c2cc3cc(F)c(F)cc3[nH]2)cc1N(S)C(=O)Nc1cccnc1. The zero-order valence-corrected chi connectivity index (χ0v) is 16.6. The molecule has 0 saturated heterocycles. The van der Waals surface area contributed by atoms with E-state index in [-0.39, 0.29) is 0 Å². The summed E-state index contributed by atoms with van der Waals surface area (Å²) in [6, 6.07) is 11.9. The first-order valence-corrected chi connectivity index (χ1v) is 9.22. The van der Waals surface area contributed by atoms with Crippen molar-refractivity contribution in [2.45, 2.75) is 0 Å². The molecule has 0 atom stereocenters. The summed E-state index contributed by atoms with van der Waals surface area (Å²) in [4.78, 5) is 19.6. The van der Waals surface area contributed by atoms with Gasteiger partial charge in [-0.1, -0.05) is 12.8 Å². The van der Waals surface area contributed by atoms with Crippen LogP contribution in [-0.4, -0.2) is 23.1 Å². The predicted octanol–water partition coefficient (Wildman–Crippen LogP) is 5.40. The van der Waals surface area contributed by atoms with E-state index in [0.717, 1.165) is 16.4 Å². The van der Waals surface area contributed by atoms with Gasteiger partial charge in [0.25, 0.3) is 0 Å². The zero-order valence-electron chi connectivity index (χ0n) is 15.7. The van der Waals surface area contributed by atoms with E-state index in [4.69, 9.17) is 4.74 Å². The van der Waals surface area contributed by atoms with Crippen LogP contribution in [0.25, 0.3) is 22.2 Å². The summed E-state index contributed by atoms with van der Waals surface area (Å²) in [5.74, 6) is -1.43. The van der Waals surface area contributed by atoms with Crippen LogP contribution in [0.15, 0.2) is 60.9 Å². The smallest absolute Gasteiger partial charge is 0.336 e. The van der Waals surface area contributed by atoms with Crippen LogP contribution in [0.2, 0.25) is 0 Å². The summed E-state index contributed by atoms with van der Waals surface area (Å²) in [7, 11) is 1.48. The maximum atomic E-state index is 13.5.